The van der Waals surface area contributed by atoms with Crippen molar-refractivity contribution in [2.45, 2.75) is 19.0 Å². The second kappa shape index (κ2) is 4.56. The smallest absolute Gasteiger partial charge is 0.407 e. The number of nitrogens with zero attached hydrogens (tertiary/aromatic N) is 3. The van der Waals surface area contributed by atoms with Gasteiger partial charge in [-0.1, -0.05) is 0 Å². The summed E-state index contributed by atoms with van der Waals surface area (Å²) in [6.07, 6.45) is 1.98. The van der Waals surface area contributed by atoms with Gasteiger partial charge in [0.1, 0.15) is 6.61 Å². The molecule has 0 spiro atoms. The number of aromatic nitrogens is 2. The molecule has 0 aromatic carbocycles. The number of halogens is 2. The molecule has 1 aromatic rings. The molecule has 1 fully saturated rings. The Balaban J connectivity index is 1.83. The number of amides is 1. The van der Waals surface area contributed by atoms with E-state index in [2.05, 4.69) is 5.10 Å². The Hall–Kier alpha value is -1.86. The van der Waals surface area contributed by atoms with Crippen molar-refractivity contribution >= 4 is 6.09 Å². The van der Waals surface area contributed by atoms with Crippen molar-refractivity contribution in [1.82, 2.24) is 14.7 Å². The van der Waals surface area contributed by atoms with Crippen LogP contribution in [0.4, 0.5) is 13.6 Å². The van der Waals surface area contributed by atoms with Crippen LogP contribution in [0, 0.1) is 0 Å². The van der Waals surface area contributed by atoms with Crippen LogP contribution in [-0.4, -0.2) is 45.1 Å². The molecule has 1 saturated heterocycles. The Labute approximate surface area is 95.4 Å². The first-order chi connectivity index (χ1) is 8.08. The van der Waals surface area contributed by atoms with E-state index in [-0.39, 0.29) is 18.4 Å². The molecular formula is C9H11F2N3O3. The van der Waals surface area contributed by atoms with Crippen LogP contribution in [0.3, 0.4) is 0 Å². The standard InChI is InChI=1S/C9H11F2N3O3/c10-8(11)14-4-7(3-12-14)17-5-6-1-2-13(6)9(15)16/h3-4,6,8H,1-2,5H2,(H,15,16)/t6-/m1/s1. The molecule has 0 radical (unpaired) electrons. The van der Waals surface area contributed by atoms with Gasteiger partial charge in [-0.2, -0.15) is 13.9 Å². The normalized spacial score (nSPS) is 19.2. The highest BCUT2D eigenvalue weighted by Gasteiger charge is 2.32. The van der Waals surface area contributed by atoms with Gasteiger partial charge < -0.3 is 14.7 Å². The Kier molecular flexibility index (Phi) is 3.12. The SMILES string of the molecule is O=C(O)N1CC[C@@H]1COc1cnn(C(F)F)c1. The highest BCUT2D eigenvalue weighted by atomic mass is 19.3. The molecule has 1 amide bonds. The molecule has 2 heterocycles. The number of carboxylic acid groups (broad SMARTS) is 1. The molecule has 1 aliphatic rings. The summed E-state index contributed by atoms with van der Waals surface area (Å²) >= 11 is 0. The second-order valence-corrected chi connectivity index (χ2v) is 3.66. The van der Waals surface area contributed by atoms with Crippen molar-refractivity contribution in [3.63, 3.8) is 0 Å². The average Bonchev–Trinajstić information content (AvgIpc) is 2.63. The van der Waals surface area contributed by atoms with Crippen LogP contribution in [0.25, 0.3) is 0 Å². The topological polar surface area (TPSA) is 67.6 Å². The number of hydrogen-bond donors (Lipinski definition) is 1. The molecule has 1 aliphatic heterocycles. The minimum atomic E-state index is -2.70. The Morgan fingerprint density at radius 3 is 2.94 bits per heavy atom. The van der Waals surface area contributed by atoms with Gasteiger partial charge in [-0.05, 0) is 6.42 Å². The van der Waals surface area contributed by atoms with Gasteiger partial charge >= 0.3 is 12.6 Å². The van der Waals surface area contributed by atoms with Gasteiger partial charge in [-0.15, -0.1) is 0 Å². The van der Waals surface area contributed by atoms with Crippen LogP contribution in [0.1, 0.15) is 13.0 Å². The maximum Gasteiger partial charge on any atom is 0.407 e. The predicted molar refractivity (Wildman–Crippen MR) is 52.1 cm³/mol. The lowest BCUT2D eigenvalue weighted by atomic mass is 10.1. The summed E-state index contributed by atoms with van der Waals surface area (Å²) in [6.45, 7) is -2.06. The number of rotatable bonds is 4. The van der Waals surface area contributed by atoms with Gasteiger partial charge in [0.05, 0.1) is 18.4 Å². The zero-order valence-corrected chi connectivity index (χ0v) is 8.79. The van der Waals surface area contributed by atoms with E-state index in [4.69, 9.17) is 9.84 Å². The summed E-state index contributed by atoms with van der Waals surface area (Å²) in [5, 5.41) is 12.1. The van der Waals surface area contributed by atoms with E-state index < -0.39 is 12.6 Å². The lowest BCUT2D eigenvalue weighted by Crippen LogP contribution is -2.53. The van der Waals surface area contributed by atoms with Crippen molar-refractivity contribution < 1.29 is 23.4 Å². The number of alkyl halides is 2. The van der Waals surface area contributed by atoms with E-state index in [1.807, 2.05) is 0 Å². The third-order valence-corrected chi connectivity index (χ3v) is 2.61. The molecule has 17 heavy (non-hydrogen) atoms. The van der Waals surface area contributed by atoms with Crippen molar-refractivity contribution in [3.8, 4) is 5.75 Å². The summed E-state index contributed by atoms with van der Waals surface area (Å²) in [7, 11) is 0. The minimum Gasteiger partial charge on any atom is -0.488 e. The monoisotopic (exact) mass is 247 g/mol. The molecule has 0 aliphatic carbocycles. The van der Waals surface area contributed by atoms with Crippen LogP contribution in [-0.2, 0) is 0 Å². The first kappa shape index (κ1) is 11.6. The zero-order valence-electron chi connectivity index (χ0n) is 8.79. The fourth-order valence-electron chi connectivity index (χ4n) is 1.56. The molecule has 1 aromatic heterocycles. The Bertz CT molecular complexity index is 410. The maximum atomic E-state index is 12.2. The third-order valence-electron chi connectivity index (χ3n) is 2.61. The van der Waals surface area contributed by atoms with Gasteiger partial charge in [-0.3, -0.25) is 0 Å². The summed E-state index contributed by atoms with van der Waals surface area (Å²) in [5.41, 5.74) is 0. The molecule has 1 N–H and O–H groups in total. The number of carbonyl (C=O) groups is 1. The zero-order chi connectivity index (χ0) is 12.4. The van der Waals surface area contributed by atoms with Gasteiger partial charge in [0, 0.05) is 6.54 Å². The fourth-order valence-corrected chi connectivity index (χ4v) is 1.56. The first-order valence-electron chi connectivity index (χ1n) is 5.02. The molecule has 0 saturated carbocycles. The molecule has 8 heteroatoms. The van der Waals surface area contributed by atoms with E-state index in [0.29, 0.717) is 11.2 Å². The summed E-state index contributed by atoms with van der Waals surface area (Å²) in [4.78, 5) is 11.9. The van der Waals surface area contributed by atoms with Gasteiger partial charge in [-0.25, -0.2) is 9.48 Å². The fraction of sp³-hybridized carbons (Fsp3) is 0.556. The highest BCUT2D eigenvalue weighted by Crippen LogP contribution is 2.20. The largest absolute Gasteiger partial charge is 0.488 e. The maximum absolute atomic E-state index is 12.2. The van der Waals surface area contributed by atoms with Crippen LogP contribution in [0.2, 0.25) is 0 Å². The summed E-state index contributed by atoms with van der Waals surface area (Å²) in [6, 6.07) is -0.206. The van der Waals surface area contributed by atoms with Crippen molar-refractivity contribution in [3.05, 3.63) is 12.4 Å². The van der Waals surface area contributed by atoms with E-state index in [9.17, 15) is 13.6 Å². The van der Waals surface area contributed by atoms with Gasteiger partial charge in [0.25, 0.3) is 0 Å². The highest BCUT2D eigenvalue weighted by molar-refractivity contribution is 5.66. The van der Waals surface area contributed by atoms with Gasteiger partial charge in [0.15, 0.2) is 5.75 Å². The number of hydrogen-bond acceptors (Lipinski definition) is 3. The van der Waals surface area contributed by atoms with Crippen LogP contribution < -0.4 is 4.74 Å². The first-order valence-corrected chi connectivity index (χ1v) is 5.02. The lowest BCUT2D eigenvalue weighted by Gasteiger charge is -2.38. The van der Waals surface area contributed by atoms with E-state index in [1.165, 1.54) is 11.1 Å². The van der Waals surface area contributed by atoms with Gasteiger partial charge in [0.2, 0.25) is 0 Å². The average molecular weight is 247 g/mol. The van der Waals surface area contributed by atoms with Crippen molar-refractivity contribution in [2.75, 3.05) is 13.2 Å². The van der Waals surface area contributed by atoms with Crippen molar-refractivity contribution in [1.29, 1.82) is 0 Å². The van der Waals surface area contributed by atoms with Crippen LogP contribution >= 0.6 is 0 Å². The molecule has 1 atom stereocenters. The molecular weight excluding hydrogens is 236 g/mol. The van der Waals surface area contributed by atoms with E-state index in [0.717, 1.165) is 12.6 Å². The molecule has 6 nitrogen and oxygen atoms in total. The van der Waals surface area contributed by atoms with Crippen molar-refractivity contribution in [2.24, 2.45) is 0 Å². The molecule has 0 unspecified atom stereocenters. The quantitative estimate of drug-likeness (QED) is 0.873. The van der Waals surface area contributed by atoms with Crippen LogP contribution in [0.5, 0.6) is 5.75 Å². The molecule has 94 valence electrons. The van der Waals surface area contributed by atoms with E-state index in [1.54, 1.807) is 0 Å². The Morgan fingerprint density at radius 1 is 1.71 bits per heavy atom. The minimum absolute atomic E-state index is 0.154. The number of likely N-dealkylation sites (tertiary alicyclic amines) is 1. The Morgan fingerprint density at radius 2 is 2.47 bits per heavy atom. The van der Waals surface area contributed by atoms with E-state index >= 15 is 0 Å². The predicted octanol–water partition coefficient (Wildman–Crippen LogP) is 1.41. The summed E-state index contributed by atoms with van der Waals surface area (Å²) in [5.74, 6) is 0.211. The second-order valence-electron chi connectivity index (χ2n) is 3.66. The van der Waals surface area contributed by atoms with Crippen LogP contribution in [0.15, 0.2) is 12.4 Å². The lowest BCUT2D eigenvalue weighted by molar-refractivity contribution is 0.0487. The summed E-state index contributed by atoms with van der Waals surface area (Å²) < 4.78 is 30.0. The number of ether oxygens (including phenoxy) is 1. The third kappa shape index (κ3) is 2.45. The molecule has 0 bridgehead atoms. The molecule has 2 rings (SSSR count).